The summed E-state index contributed by atoms with van der Waals surface area (Å²) in [7, 11) is -3.54. The molecule has 0 fully saturated rings. The molecular weight excluding hydrogens is 290 g/mol. The van der Waals surface area contributed by atoms with Crippen LogP contribution in [0, 0.1) is 6.92 Å². The van der Waals surface area contributed by atoms with Gasteiger partial charge in [0, 0.05) is 19.8 Å². The molecule has 21 heavy (non-hydrogen) atoms. The van der Waals surface area contributed by atoms with Crippen molar-refractivity contribution in [1.29, 1.82) is 0 Å². The summed E-state index contributed by atoms with van der Waals surface area (Å²) >= 11 is 0. The van der Waals surface area contributed by atoms with Gasteiger partial charge in [0.2, 0.25) is 10.0 Å². The average Bonchev–Trinajstić information content (AvgIpc) is 2.46. The van der Waals surface area contributed by atoms with E-state index in [4.69, 9.17) is 4.74 Å². The SMILES string of the molecule is CCCCOCCCNS(=O)(=O)c1cccc(CO)c1C. The Morgan fingerprint density at radius 1 is 1.24 bits per heavy atom. The van der Waals surface area contributed by atoms with Crippen molar-refractivity contribution in [3.8, 4) is 0 Å². The number of sulfonamides is 1. The van der Waals surface area contributed by atoms with Crippen molar-refractivity contribution >= 4 is 10.0 Å². The third-order valence-corrected chi connectivity index (χ3v) is 4.86. The highest BCUT2D eigenvalue weighted by molar-refractivity contribution is 7.89. The molecule has 0 atom stereocenters. The third-order valence-electron chi connectivity index (χ3n) is 3.26. The monoisotopic (exact) mass is 315 g/mol. The molecule has 0 radical (unpaired) electrons. The van der Waals surface area contributed by atoms with Crippen LogP contribution in [-0.2, 0) is 21.4 Å². The minimum atomic E-state index is -3.54. The van der Waals surface area contributed by atoms with Gasteiger partial charge in [0.1, 0.15) is 0 Å². The summed E-state index contributed by atoms with van der Waals surface area (Å²) in [6, 6.07) is 4.91. The van der Waals surface area contributed by atoms with Crippen LogP contribution in [0.25, 0.3) is 0 Å². The number of aliphatic hydroxyl groups excluding tert-OH is 1. The van der Waals surface area contributed by atoms with Crippen molar-refractivity contribution in [3.63, 3.8) is 0 Å². The zero-order valence-electron chi connectivity index (χ0n) is 12.8. The fourth-order valence-electron chi connectivity index (χ4n) is 1.93. The second-order valence-electron chi connectivity index (χ2n) is 4.92. The maximum Gasteiger partial charge on any atom is 0.240 e. The van der Waals surface area contributed by atoms with Crippen molar-refractivity contribution in [2.45, 2.75) is 44.6 Å². The molecule has 0 heterocycles. The molecular formula is C15H25NO4S. The summed E-state index contributed by atoms with van der Waals surface area (Å²) in [6.07, 6.45) is 2.76. The summed E-state index contributed by atoms with van der Waals surface area (Å²) in [5, 5.41) is 9.19. The van der Waals surface area contributed by atoms with Crippen molar-refractivity contribution in [1.82, 2.24) is 4.72 Å². The van der Waals surface area contributed by atoms with Gasteiger partial charge in [0.05, 0.1) is 11.5 Å². The Morgan fingerprint density at radius 3 is 2.62 bits per heavy atom. The van der Waals surface area contributed by atoms with Crippen molar-refractivity contribution < 1.29 is 18.3 Å². The Balaban J connectivity index is 2.51. The van der Waals surface area contributed by atoms with Gasteiger partial charge in [0.15, 0.2) is 0 Å². The molecule has 6 heteroatoms. The lowest BCUT2D eigenvalue weighted by atomic mass is 10.1. The highest BCUT2D eigenvalue weighted by Crippen LogP contribution is 2.18. The molecule has 0 unspecified atom stereocenters. The number of nitrogens with one attached hydrogen (secondary N) is 1. The highest BCUT2D eigenvalue weighted by atomic mass is 32.2. The van der Waals surface area contributed by atoms with Crippen LogP contribution in [0.1, 0.15) is 37.3 Å². The predicted molar refractivity (Wildman–Crippen MR) is 82.6 cm³/mol. The van der Waals surface area contributed by atoms with E-state index in [-0.39, 0.29) is 11.5 Å². The van der Waals surface area contributed by atoms with E-state index in [2.05, 4.69) is 11.6 Å². The van der Waals surface area contributed by atoms with E-state index in [1.54, 1.807) is 25.1 Å². The van der Waals surface area contributed by atoms with Gasteiger partial charge in [-0.3, -0.25) is 0 Å². The van der Waals surface area contributed by atoms with E-state index in [1.165, 1.54) is 0 Å². The van der Waals surface area contributed by atoms with Crippen LogP contribution in [0.5, 0.6) is 0 Å². The Bertz CT molecular complexity index is 528. The van der Waals surface area contributed by atoms with Gasteiger partial charge < -0.3 is 9.84 Å². The van der Waals surface area contributed by atoms with Gasteiger partial charge in [-0.2, -0.15) is 0 Å². The average molecular weight is 315 g/mol. The topological polar surface area (TPSA) is 75.6 Å². The third kappa shape index (κ3) is 5.74. The highest BCUT2D eigenvalue weighted by Gasteiger charge is 2.17. The van der Waals surface area contributed by atoms with Crippen LogP contribution < -0.4 is 4.72 Å². The first-order chi connectivity index (χ1) is 10.0. The molecule has 1 rings (SSSR count). The lowest BCUT2D eigenvalue weighted by Crippen LogP contribution is -2.26. The van der Waals surface area contributed by atoms with Crippen molar-refractivity contribution in [2.24, 2.45) is 0 Å². The first-order valence-corrected chi connectivity index (χ1v) is 8.78. The number of unbranched alkanes of at least 4 members (excludes halogenated alkanes) is 1. The summed E-state index contributed by atoms with van der Waals surface area (Å²) in [6.45, 7) is 5.26. The lowest BCUT2D eigenvalue weighted by Gasteiger charge is -2.11. The molecule has 0 spiro atoms. The summed E-state index contributed by atoms with van der Waals surface area (Å²) < 4.78 is 32.4. The Kier molecular flexibility index (Phi) is 7.88. The van der Waals surface area contributed by atoms with E-state index in [9.17, 15) is 13.5 Å². The normalized spacial score (nSPS) is 11.8. The maximum atomic E-state index is 12.2. The van der Waals surface area contributed by atoms with E-state index >= 15 is 0 Å². The van der Waals surface area contributed by atoms with E-state index in [1.807, 2.05) is 0 Å². The summed E-state index contributed by atoms with van der Waals surface area (Å²) in [4.78, 5) is 0.223. The predicted octanol–water partition coefficient (Wildman–Crippen LogP) is 1.97. The van der Waals surface area contributed by atoms with Gasteiger partial charge in [-0.25, -0.2) is 13.1 Å². The molecule has 2 N–H and O–H groups in total. The zero-order chi connectivity index (χ0) is 15.7. The zero-order valence-corrected chi connectivity index (χ0v) is 13.6. The number of benzene rings is 1. The number of hydrogen-bond acceptors (Lipinski definition) is 4. The number of ether oxygens (including phenoxy) is 1. The fraction of sp³-hybridized carbons (Fsp3) is 0.600. The largest absolute Gasteiger partial charge is 0.392 e. The number of aliphatic hydroxyl groups is 1. The standard InChI is InChI=1S/C15H25NO4S/c1-3-4-10-20-11-6-9-16-21(18,19)15-8-5-7-14(12-17)13(15)2/h5,7-8,16-17H,3-4,6,9-12H2,1-2H3. The molecule has 0 aromatic heterocycles. The van der Waals surface area contributed by atoms with Gasteiger partial charge in [-0.05, 0) is 37.0 Å². The number of rotatable bonds is 10. The van der Waals surface area contributed by atoms with Crippen LogP contribution in [-0.4, -0.2) is 33.3 Å². The molecule has 0 saturated heterocycles. The first-order valence-electron chi connectivity index (χ1n) is 7.29. The summed E-state index contributed by atoms with van der Waals surface area (Å²) in [5.41, 5.74) is 1.22. The second-order valence-corrected chi connectivity index (χ2v) is 6.65. The molecule has 1 aromatic rings. The quantitative estimate of drug-likeness (QED) is 0.647. The summed E-state index contributed by atoms with van der Waals surface area (Å²) in [5.74, 6) is 0. The van der Waals surface area contributed by atoms with Crippen molar-refractivity contribution in [3.05, 3.63) is 29.3 Å². The Hall–Kier alpha value is -0.950. The van der Waals surface area contributed by atoms with Crippen molar-refractivity contribution in [2.75, 3.05) is 19.8 Å². The van der Waals surface area contributed by atoms with Gasteiger partial charge in [0.25, 0.3) is 0 Å². The fourth-order valence-corrected chi connectivity index (χ4v) is 3.29. The molecule has 0 bridgehead atoms. The number of hydrogen-bond donors (Lipinski definition) is 2. The molecule has 1 aromatic carbocycles. The maximum absolute atomic E-state index is 12.2. The minimum absolute atomic E-state index is 0.166. The Morgan fingerprint density at radius 2 is 1.95 bits per heavy atom. The van der Waals surface area contributed by atoms with Gasteiger partial charge in [-0.15, -0.1) is 0 Å². The van der Waals surface area contributed by atoms with Gasteiger partial charge >= 0.3 is 0 Å². The molecule has 5 nitrogen and oxygen atoms in total. The van der Waals surface area contributed by atoms with E-state index in [0.29, 0.717) is 30.7 Å². The van der Waals surface area contributed by atoms with Crippen LogP contribution >= 0.6 is 0 Å². The molecule has 120 valence electrons. The minimum Gasteiger partial charge on any atom is -0.392 e. The Labute approximate surface area is 127 Å². The molecule has 0 amide bonds. The van der Waals surface area contributed by atoms with Crippen LogP contribution in [0.15, 0.2) is 23.1 Å². The smallest absolute Gasteiger partial charge is 0.240 e. The molecule has 0 aliphatic carbocycles. The van der Waals surface area contributed by atoms with E-state index in [0.717, 1.165) is 19.4 Å². The first kappa shape index (κ1) is 18.1. The van der Waals surface area contributed by atoms with Crippen LogP contribution in [0.4, 0.5) is 0 Å². The lowest BCUT2D eigenvalue weighted by molar-refractivity contribution is 0.130. The van der Waals surface area contributed by atoms with E-state index < -0.39 is 10.0 Å². The molecule has 0 aliphatic rings. The molecule has 0 aliphatic heterocycles. The second kappa shape index (κ2) is 9.15. The van der Waals surface area contributed by atoms with Crippen LogP contribution in [0.3, 0.4) is 0 Å². The van der Waals surface area contributed by atoms with Crippen LogP contribution in [0.2, 0.25) is 0 Å². The molecule has 0 saturated carbocycles. The van der Waals surface area contributed by atoms with Gasteiger partial charge in [-0.1, -0.05) is 25.5 Å².